The van der Waals surface area contributed by atoms with E-state index in [4.69, 9.17) is 0 Å². The molecule has 0 atom stereocenters. The van der Waals surface area contributed by atoms with Gasteiger partial charge in [-0.25, -0.2) is 0 Å². The zero-order valence-electron chi connectivity index (χ0n) is 9.10. The summed E-state index contributed by atoms with van der Waals surface area (Å²) >= 11 is 1.77. The Labute approximate surface area is 100 Å². The molecule has 0 bridgehead atoms. The largest absolute Gasteiger partial charge is 0.130 e. The van der Waals surface area contributed by atoms with E-state index in [1.165, 1.54) is 27.1 Å². The molecule has 0 radical (unpaired) electrons. The normalized spacial score (nSPS) is 12.1. The predicted octanol–water partition coefficient (Wildman–Crippen LogP) is 4.56. The first-order chi connectivity index (χ1) is 7.85. The van der Waals surface area contributed by atoms with E-state index < -0.39 is 0 Å². The van der Waals surface area contributed by atoms with Crippen molar-refractivity contribution in [2.75, 3.05) is 6.26 Å². The van der Waals surface area contributed by atoms with Crippen molar-refractivity contribution in [2.24, 2.45) is 0 Å². The lowest BCUT2D eigenvalue weighted by atomic mass is 10.2. The molecule has 1 aromatic carbocycles. The molecule has 0 fully saturated rings. The molecule has 0 saturated heterocycles. The van der Waals surface area contributed by atoms with Crippen molar-refractivity contribution in [1.29, 1.82) is 0 Å². The van der Waals surface area contributed by atoms with E-state index >= 15 is 0 Å². The van der Waals surface area contributed by atoms with Crippen molar-refractivity contribution in [2.45, 2.75) is 4.90 Å². The zero-order chi connectivity index (χ0) is 11.0. The minimum Gasteiger partial charge on any atom is -0.130 e. The van der Waals surface area contributed by atoms with Crippen LogP contribution in [0.4, 0.5) is 0 Å². The molecular formula is C15H12S. The molecule has 0 spiro atoms. The van der Waals surface area contributed by atoms with Gasteiger partial charge in [0.2, 0.25) is 0 Å². The fourth-order valence-electron chi connectivity index (χ4n) is 1.79. The summed E-state index contributed by atoms with van der Waals surface area (Å²) in [5, 5.41) is 0. The molecule has 0 saturated carbocycles. The van der Waals surface area contributed by atoms with Crippen LogP contribution in [0.1, 0.15) is 11.1 Å². The Morgan fingerprint density at radius 3 is 2.06 bits per heavy atom. The van der Waals surface area contributed by atoms with Crippen molar-refractivity contribution < 1.29 is 0 Å². The maximum Gasteiger partial charge on any atom is 0.00695 e. The van der Waals surface area contributed by atoms with Crippen LogP contribution in [0.25, 0.3) is 23.3 Å². The van der Waals surface area contributed by atoms with E-state index in [0.29, 0.717) is 0 Å². The maximum atomic E-state index is 2.22. The van der Waals surface area contributed by atoms with Gasteiger partial charge < -0.3 is 0 Å². The van der Waals surface area contributed by atoms with Crippen LogP contribution in [0.5, 0.6) is 0 Å². The van der Waals surface area contributed by atoms with Crippen molar-refractivity contribution in [3.63, 3.8) is 0 Å². The van der Waals surface area contributed by atoms with Crippen LogP contribution in [0, 0.1) is 0 Å². The Hall–Kier alpha value is -1.47. The van der Waals surface area contributed by atoms with Crippen LogP contribution < -0.4 is 0 Å². The van der Waals surface area contributed by atoms with Gasteiger partial charge in [0, 0.05) is 4.90 Å². The highest BCUT2D eigenvalue weighted by atomic mass is 32.2. The molecule has 1 aromatic rings. The van der Waals surface area contributed by atoms with Gasteiger partial charge in [0.15, 0.2) is 0 Å². The fourth-order valence-corrected chi connectivity index (χ4v) is 2.19. The second kappa shape index (κ2) is 3.84. The molecule has 1 heteroatoms. The molecule has 0 unspecified atom stereocenters. The van der Waals surface area contributed by atoms with E-state index in [1.807, 2.05) is 0 Å². The smallest absolute Gasteiger partial charge is 0.00695 e. The van der Waals surface area contributed by atoms with Crippen LogP contribution in [0.15, 0.2) is 47.4 Å². The molecule has 0 nitrogen and oxygen atoms in total. The Morgan fingerprint density at radius 2 is 1.44 bits per heavy atom. The fraction of sp³-hybridized carbons (Fsp3) is 0.0667. The van der Waals surface area contributed by atoms with E-state index in [2.05, 4.69) is 60.9 Å². The highest BCUT2D eigenvalue weighted by Crippen LogP contribution is 2.36. The molecule has 0 aliphatic heterocycles. The summed E-state index contributed by atoms with van der Waals surface area (Å²) in [5.41, 5.74) is 5.36. The first-order valence-corrected chi connectivity index (χ1v) is 6.55. The van der Waals surface area contributed by atoms with Gasteiger partial charge in [-0.1, -0.05) is 24.3 Å². The molecule has 16 heavy (non-hydrogen) atoms. The van der Waals surface area contributed by atoms with Crippen molar-refractivity contribution >= 4 is 23.9 Å². The van der Waals surface area contributed by atoms with Gasteiger partial charge in [-0.2, -0.15) is 0 Å². The van der Waals surface area contributed by atoms with Crippen LogP contribution in [-0.4, -0.2) is 6.26 Å². The molecular weight excluding hydrogens is 212 g/mol. The topological polar surface area (TPSA) is 0 Å². The molecule has 3 rings (SSSR count). The third-order valence-electron chi connectivity index (χ3n) is 2.79. The highest BCUT2D eigenvalue weighted by molar-refractivity contribution is 7.98. The van der Waals surface area contributed by atoms with Gasteiger partial charge >= 0.3 is 0 Å². The van der Waals surface area contributed by atoms with Crippen molar-refractivity contribution in [1.82, 2.24) is 0 Å². The monoisotopic (exact) mass is 224 g/mol. The SMILES string of the molecule is CSc1ccc(C=Cc2cc3cc-3c2)cc1. The molecule has 0 N–H and O–H groups in total. The summed E-state index contributed by atoms with van der Waals surface area (Å²) in [7, 11) is 0. The van der Waals surface area contributed by atoms with Crippen LogP contribution in [0.3, 0.4) is 0 Å². The number of hydrogen-bond donors (Lipinski definition) is 0. The van der Waals surface area contributed by atoms with Gasteiger partial charge in [-0.3, -0.25) is 0 Å². The molecule has 0 heterocycles. The summed E-state index contributed by atoms with van der Waals surface area (Å²) in [6, 6.07) is 15.3. The van der Waals surface area contributed by atoms with E-state index in [1.54, 1.807) is 11.8 Å². The van der Waals surface area contributed by atoms with Crippen LogP contribution >= 0.6 is 11.8 Å². The average molecular weight is 224 g/mol. The predicted molar refractivity (Wildman–Crippen MR) is 72.6 cm³/mol. The maximum absolute atomic E-state index is 2.22. The zero-order valence-corrected chi connectivity index (χ0v) is 9.92. The summed E-state index contributed by atoms with van der Waals surface area (Å²) in [4.78, 5) is 1.31. The van der Waals surface area contributed by atoms with E-state index in [-0.39, 0.29) is 0 Å². The first kappa shape index (κ1) is 9.73. The summed E-state index contributed by atoms with van der Waals surface area (Å²) in [6.07, 6.45) is 6.44. The van der Waals surface area contributed by atoms with Gasteiger partial charge in [0.25, 0.3) is 0 Å². The molecule has 2 aliphatic carbocycles. The number of benzene rings is 2. The second-order valence-corrected chi connectivity index (χ2v) is 4.83. The van der Waals surface area contributed by atoms with Crippen molar-refractivity contribution in [3.8, 4) is 11.1 Å². The lowest BCUT2D eigenvalue weighted by molar-refractivity contribution is 1.45. The highest BCUT2D eigenvalue weighted by Gasteiger charge is 2.11. The lowest BCUT2D eigenvalue weighted by Gasteiger charge is -1.96. The number of hydrogen-bond acceptors (Lipinski definition) is 1. The Bertz CT molecular complexity index is 530. The molecule has 0 aromatic heterocycles. The Morgan fingerprint density at radius 1 is 0.812 bits per heavy atom. The second-order valence-electron chi connectivity index (χ2n) is 3.95. The van der Waals surface area contributed by atoms with Crippen LogP contribution in [-0.2, 0) is 0 Å². The Balaban J connectivity index is 1.77. The number of thioether (sulfide) groups is 1. The summed E-state index contributed by atoms with van der Waals surface area (Å²) in [6.45, 7) is 0. The average Bonchev–Trinajstić information content (AvgIpc) is 2.95. The molecule has 78 valence electrons. The van der Waals surface area contributed by atoms with Crippen molar-refractivity contribution in [3.05, 3.63) is 53.6 Å². The Kier molecular flexibility index (Phi) is 2.33. The van der Waals surface area contributed by atoms with E-state index in [0.717, 1.165) is 0 Å². The molecule has 2 aliphatic rings. The number of fused-ring (bicyclic) bond motifs is 1. The lowest BCUT2D eigenvalue weighted by Crippen LogP contribution is -1.72. The third-order valence-corrected chi connectivity index (χ3v) is 3.53. The summed E-state index contributed by atoms with van der Waals surface area (Å²) < 4.78 is 0. The quantitative estimate of drug-likeness (QED) is 0.464. The first-order valence-electron chi connectivity index (χ1n) is 5.33. The molecule has 0 amide bonds. The van der Waals surface area contributed by atoms with E-state index in [9.17, 15) is 0 Å². The minimum atomic E-state index is 1.26. The minimum absolute atomic E-state index is 1.26. The van der Waals surface area contributed by atoms with Crippen LogP contribution in [0.2, 0.25) is 0 Å². The van der Waals surface area contributed by atoms with Gasteiger partial charge in [0.1, 0.15) is 0 Å². The van der Waals surface area contributed by atoms with Gasteiger partial charge in [0.05, 0.1) is 0 Å². The van der Waals surface area contributed by atoms with Gasteiger partial charge in [-0.15, -0.1) is 11.8 Å². The number of rotatable bonds is 3. The third kappa shape index (κ3) is 1.91. The summed E-state index contributed by atoms with van der Waals surface area (Å²) in [5.74, 6) is 0. The van der Waals surface area contributed by atoms with Gasteiger partial charge in [-0.05, 0) is 58.8 Å². The standard InChI is InChI=1S/C15H12S/c1-16-15-6-4-11(5-7-15)2-3-12-8-13-10-14(13)9-12/h2-10H,1H3.